The van der Waals surface area contributed by atoms with Crippen LogP contribution in [-0.4, -0.2) is 41.8 Å². The van der Waals surface area contributed by atoms with E-state index < -0.39 is 5.54 Å². The van der Waals surface area contributed by atoms with E-state index in [9.17, 15) is 9.59 Å². The fourth-order valence-electron chi connectivity index (χ4n) is 1.51. The monoisotopic (exact) mass is 331 g/mol. The summed E-state index contributed by atoms with van der Waals surface area (Å²) in [6, 6.07) is 0. The molecule has 7 heteroatoms. The SMILES string of the molecule is C=C(OCC)SCC(=O)NC(C)(C)C(=O)NCCC(C)(C)N. The van der Waals surface area contributed by atoms with Crippen LogP contribution < -0.4 is 16.4 Å². The van der Waals surface area contributed by atoms with Gasteiger partial charge in [0.15, 0.2) is 0 Å². The van der Waals surface area contributed by atoms with Gasteiger partial charge in [0.2, 0.25) is 11.8 Å². The Balaban J connectivity index is 4.22. The Kier molecular flexibility index (Phi) is 8.55. The number of nitrogens with one attached hydrogen (secondary N) is 2. The minimum Gasteiger partial charge on any atom is -0.488 e. The molecule has 0 aromatic rings. The standard InChI is InChI=1S/C15H29N3O3S/c1-7-21-11(2)22-10-12(19)18-15(5,6)13(20)17-9-8-14(3,4)16/h2,7-10,16H2,1,3-6H3,(H,17,20)(H,18,19). The lowest BCUT2D eigenvalue weighted by molar-refractivity contribution is -0.131. The summed E-state index contributed by atoms with van der Waals surface area (Å²) in [5, 5.41) is 5.98. The topological polar surface area (TPSA) is 93.4 Å². The molecule has 0 radical (unpaired) electrons. The molecule has 4 N–H and O–H groups in total. The van der Waals surface area contributed by atoms with E-state index in [1.54, 1.807) is 13.8 Å². The van der Waals surface area contributed by atoms with Crippen LogP contribution >= 0.6 is 11.8 Å². The maximum atomic E-state index is 12.1. The van der Waals surface area contributed by atoms with Crippen molar-refractivity contribution in [2.24, 2.45) is 5.73 Å². The molecule has 0 aliphatic carbocycles. The lowest BCUT2D eigenvalue weighted by Gasteiger charge is -2.26. The molecule has 0 fully saturated rings. The zero-order valence-corrected chi connectivity index (χ0v) is 15.1. The van der Waals surface area contributed by atoms with Crippen molar-refractivity contribution in [2.45, 2.75) is 52.1 Å². The third-order valence-electron chi connectivity index (χ3n) is 2.74. The first-order chi connectivity index (χ1) is 9.98. The number of ether oxygens (including phenoxy) is 1. The van der Waals surface area contributed by atoms with Gasteiger partial charge in [-0.25, -0.2) is 0 Å². The molecule has 0 saturated heterocycles. The van der Waals surface area contributed by atoms with Crippen LogP contribution in [0, 0.1) is 0 Å². The van der Waals surface area contributed by atoms with Gasteiger partial charge < -0.3 is 21.1 Å². The first-order valence-electron chi connectivity index (χ1n) is 7.30. The zero-order chi connectivity index (χ0) is 17.4. The first-order valence-corrected chi connectivity index (χ1v) is 8.29. The van der Waals surface area contributed by atoms with Gasteiger partial charge in [0.1, 0.15) is 10.6 Å². The summed E-state index contributed by atoms with van der Waals surface area (Å²) in [6.07, 6.45) is 0.660. The average molecular weight is 331 g/mol. The van der Waals surface area contributed by atoms with E-state index in [1.807, 2.05) is 20.8 Å². The predicted molar refractivity (Wildman–Crippen MR) is 91.3 cm³/mol. The minimum atomic E-state index is -0.983. The zero-order valence-electron chi connectivity index (χ0n) is 14.2. The molecule has 0 bridgehead atoms. The number of carbonyl (C=O) groups excluding carboxylic acids is 2. The quantitative estimate of drug-likeness (QED) is 0.526. The van der Waals surface area contributed by atoms with E-state index in [1.165, 1.54) is 11.8 Å². The Labute approximate surface area is 137 Å². The fourth-order valence-corrected chi connectivity index (χ4v) is 2.07. The Morgan fingerprint density at radius 1 is 1.27 bits per heavy atom. The van der Waals surface area contributed by atoms with Crippen molar-refractivity contribution in [2.75, 3.05) is 18.9 Å². The highest BCUT2D eigenvalue weighted by atomic mass is 32.2. The van der Waals surface area contributed by atoms with Gasteiger partial charge >= 0.3 is 0 Å². The van der Waals surface area contributed by atoms with E-state index in [2.05, 4.69) is 17.2 Å². The maximum Gasteiger partial charge on any atom is 0.245 e. The van der Waals surface area contributed by atoms with Gasteiger partial charge in [-0.2, -0.15) is 0 Å². The van der Waals surface area contributed by atoms with Gasteiger partial charge in [-0.15, -0.1) is 0 Å². The molecule has 0 spiro atoms. The maximum absolute atomic E-state index is 12.1. The van der Waals surface area contributed by atoms with Crippen molar-refractivity contribution in [3.8, 4) is 0 Å². The molecule has 22 heavy (non-hydrogen) atoms. The highest BCUT2D eigenvalue weighted by Crippen LogP contribution is 2.14. The van der Waals surface area contributed by atoms with Gasteiger partial charge in [-0.1, -0.05) is 11.8 Å². The van der Waals surface area contributed by atoms with Gasteiger partial charge in [-0.3, -0.25) is 9.59 Å². The summed E-state index contributed by atoms with van der Waals surface area (Å²) in [6.45, 7) is 13.6. The van der Waals surface area contributed by atoms with Crippen molar-refractivity contribution < 1.29 is 14.3 Å². The Hall–Kier alpha value is -1.21. The first kappa shape index (κ1) is 20.8. The lowest BCUT2D eigenvalue weighted by Crippen LogP contribution is -2.55. The van der Waals surface area contributed by atoms with Crippen LogP contribution in [0.15, 0.2) is 11.7 Å². The predicted octanol–water partition coefficient (Wildman–Crippen LogP) is 1.37. The molecular formula is C15H29N3O3S. The van der Waals surface area contributed by atoms with Crippen LogP contribution in [0.25, 0.3) is 0 Å². The summed E-state index contributed by atoms with van der Waals surface area (Å²) in [7, 11) is 0. The summed E-state index contributed by atoms with van der Waals surface area (Å²) in [4.78, 5) is 24.0. The third kappa shape index (κ3) is 9.68. The molecule has 0 atom stereocenters. The Morgan fingerprint density at radius 3 is 2.36 bits per heavy atom. The van der Waals surface area contributed by atoms with Crippen LogP contribution in [0.2, 0.25) is 0 Å². The molecule has 0 unspecified atom stereocenters. The molecule has 6 nitrogen and oxygen atoms in total. The van der Waals surface area contributed by atoms with Gasteiger partial charge in [0, 0.05) is 12.1 Å². The molecule has 0 aliphatic rings. The highest BCUT2D eigenvalue weighted by Gasteiger charge is 2.29. The Bertz CT molecular complexity index is 403. The summed E-state index contributed by atoms with van der Waals surface area (Å²) >= 11 is 1.21. The summed E-state index contributed by atoms with van der Waals surface area (Å²) < 4.78 is 5.15. The second kappa shape index (κ2) is 9.05. The third-order valence-corrected chi connectivity index (χ3v) is 3.59. The van der Waals surface area contributed by atoms with Crippen LogP contribution in [0.5, 0.6) is 0 Å². The Morgan fingerprint density at radius 2 is 1.86 bits per heavy atom. The van der Waals surface area contributed by atoms with E-state index in [-0.39, 0.29) is 23.1 Å². The number of hydrogen-bond acceptors (Lipinski definition) is 5. The van der Waals surface area contributed by atoms with Crippen LogP contribution in [0.4, 0.5) is 0 Å². The fraction of sp³-hybridized carbons (Fsp3) is 0.733. The van der Waals surface area contributed by atoms with Crippen molar-refractivity contribution in [1.29, 1.82) is 0 Å². The van der Waals surface area contributed by atoms with Gasteiger partial charge in [0.05, 0.1) is 12.4 Å². The van der Waals surface area contributed by atoms with Crippen LogP contribution in [0.1, 0.15) is 41.0 Å². The number of hydrogen-bond donors (Lipinski definition) is 3. The average Bonchev–Trinajstić information content (AvgIpc) is 2.34. The molecular weight excluding hydrogens is 302 g/mol. The number of thioether (sulfide) groups is 1. The van der Waals surface area contributed by atoms with E-state index in [0.29, 0.717) is 24.7 Å². The highest BCUT2D eigenvalue weighted by molar-refractivity contribution is 8.03. The molecule has 128 valence electrons. The molecule has 0 aromatic heterocycles. The summed E-state index contributed by atoms with van der Waals surface area (Å²) in [5.41, 5.74) is 4.54. The van der Waals surface area contributed by atoms with Gasteiger partial charge in [0.25, 0.3) is 0 Å². The van der Waals surface area contributed by atoms with E-state index >= 15 is 0 Å². The van der Waals surface area contributed by atoms with Crippen molar-refractivity contribution >= 4 is 23.6 Å². The molecule has 2 amide bonds. The largest absolute Gasteiger partial charge is 0.488 e. The van der Waals surface area contributed by atoms with Crippen LogP contribution in [-0.2, 0) is 14.3 Å². The second-order valence-electron chi connectivity index (χ2n) is 6.26. The number of nitrogens with two attached hydrogens (primary N) is 1. The normalized spacial score (nSPS) is 11.7. The van der Waals surface area contributed by atoms with E-state index in [0.717, 1.165) is 0 Å². The smallest absolute Gasteiger partial charge is 0.245 e. The number of carbonyl (C=O) groups is 2. The minimum absolute atomic E-state index is 0.158. The molecule has 0 aromatic carbocycles. The lowest BCUT2D eigenvalue weighted by atomic mass is 10.0. The molecule has 0 heterocycles. The van der Waals surface area contributed by atoms with Crippen LogP contribution in [0.3, 0.4) is 0 Å². The van der Waals surface area contributed by atoms with Gasteiger partial charge in [-0.05, 0) is 47.6 Å². The second-order valence-corrected chi connectivity index (χ2v) is 7.29. The number of amides is 2. The number of rotatable bonds is 10. The summed E-state index contributed by atoms with van der Waals surface area (Å²) in [5.74, 6) is -0.324. The molecule has 0 aliphatic heterocycles. The molecule has 0 saturated carbocycles. The van der Waals surface area contributed by atoms with Crippen molar-refractivity contribution in [1.82, 2.24) is 10.6 Å². The van der Waals surface area contributed by atoms with Crippen molar-refractivity contribution in [3.05, 3.63) is 11.7 Å². The van der Waals surface area contributed by atoms with E-state index in [4.69, 9.17) is 10.5 Å². The molecule has 0 rings (SSSR count). The van der Waals surface area contributed by atoms with Crippen molar-refractivity contribution in [3.63, 3.8) is 0 Å².